The fourth-order valence-corrected chi connectivity index (χ4v) is 6.99. The van der Waals surface area contributed by atoms with Crippen LogP contribution in [0.15, 0.2) is 29.2 Å². The summed E-state index contributed by atoms with van der Waals surface area (Å²) in [6, 6.07) is 5.58. The lowest BCUT2D eigenvalue weighted by Gasteiger charge is -2.43. The van der Waals surface area contributed by atoms with Crippen LogP contribution in [-0.2, 0) is 29.0 Å². The maximum atomic E-state index is 13.5. The van der Waals surface area contributed by atoms with Gasteiger partial charge in [0, 0.05) is 31.2 Å². The number of halogens is 1. The molecule has 3 saturated heterocycles. The van der Waals surface area contributed by atoms with Gasteiger partial charge in [-0.25, -0.2) is 8.42 Å². The minimum absolute atomic E-state index is 0.00242. The smallest absolute Gasteiger partial charge is 0.243 e. The van der Waals surface area contributed by atoms with Crippen molar-refractivity contribution >= 4 is 27.5 Å². The van der Waals surface area contributed by atoms with E-state index in [2.05, 4.69) is 10.2 Å². The van der Waals surface area contributed by atoms with Crippen molar-refractivity contribution in [2.45, 2.75) is 54.9 Å². The minimum atomic E-state index is -3.93. The van der Waals surface area contributed by atoms with Gasteiger partial charge in [0.1, 0.15) is 0 Å². The third-order valence-corrected chi connectivity index (χ3v) is 8.95. The van der Waals surface area contributed by atoms with E-state index in [4.69, 9.17) is 25.8 Å². The Kier molecular flexibility index (Phi) is 9.98. The quantitative estimate of drug-likeness (QED) is 0.462. The average Bonchev–Trinajstić information content (AvgIpc) is 2.85. The Balaban J connectivity index is 1.33. The number of benzene rings is 1. The molecule has 4 atom stereocenters. The topological polar surface area (TPSA) is 118 Å². The van der Waals surface area contributed by atoms with Crippen LogP contribution >= 0.6 is 11.6 Å². The summed E-state index contributed by atoms with van der Waals surface area (Å²) in [6.45, 7) is 4.93. The van der Waals surface area contributed by atoms with Crippen molar-refractivity contribution in [3.8, 4) is 0 Å². The first-order valence-electron chi connectivity index (χ1n) is 12.6. The number of morpholine rings is 1. The summed E-state index contributed by atoms with van der Waals surface area (Å²) in [5.74, 6) is -0.0778. The zero-order valence-corrected chi connectivity index (χ0v) is 22.0. The van der Waals surface area contributed by atoms with E-state index in [1.54, 1.807) is 12.1 Å². The second-order valence-corrected chi connectivity index (χ2v) is 11.9. The second kappa shape index (κ2) is 13.0. The Hall–Kier alpha value is -1.31. The number of fused-ring (bicyclic) bond motifs is 1. The number of nitrogens with one attached hydrogen (secondary N) is 1. The number of hydrogen-bond acceptors (Lipinski definition) is 8. The van der Waals surface area contributed by atoms with Gasteiger partial charge < -0.3 is 24.6 Å². The Morgan fingerprint density at radius 1 is 1.17 bits per heavy atom. The van der Waals surface area contributed by atoms with Crippen LogP contribution in [0.25, 0.3) is 0 Å². The van der Waals surface area contributed by atoms with Gasteiger partial charge in [0.2, 0.25) is 15.9 Å². The molecule has 0 spiro atoms. The number of rotatable bonds is 8. The lowest BCUT2D eigenvalue weighted by Crippen LogP contribution is -2.57. The highest BCUT2D eigenvalue weighted by Crippen LogP contribution is 2.32. The lowest BCUT2D eigenvalue weighted by atomic mass is 9.96. The van der Waals surface area contributed by atoms with E-state index in [0.717, 1.165) is 39.3 Å². The van der Waals surface area contributed by atoms with Gasteiger partial charge in [0.25, 0.3) is 0 Å². The summed E-state index contributed by atoms with van der Waals surface area (Å²) in [5, 5.41) is 13.6. The first kappa shape index (κ1) is 27.7. The van der Waals surface area contributed by atoms with Gasteiger partial charge in [-0.05, 0) is 44.0 Å². The van der Waals surface area contributed by atoms with Crippen LogP contribution in [0.3, 0.4) is 0 Å². The predicted molar refractivity (Wildman–Crippen MR) is 133 cm³/mol. The molecule has 3 aliphatic rings. The molecule has 1 aromatic carbocycles. The van der Waals surface area contributed by atoms with E-state index in [0.29, 0.717) is 24.4 Å². The van der Waals surface area contributed by atoms with Gasteiger partial charge in [-0.2, -0.15) is 4.31 Å². The Labute approximate surface area is 217 Å². The van der Waals surface area contributed by atoms with Gasteiger partial charge in [-0.3, -0.25) is 9.69 Å². The number of sulfonamides is 1. The standard InChI is InChI=1S/C24H36ClN3O7S/c25-18-3-1-4-21(13-18)36(31,32)28-15-19(29)16-34-17-23-22(28)6-5-20(35-23)14-24(30)26-7-2-8-27-9-11-33-12-10-27/h1,3-4,13,19-20,22-23,29H,2,5-12,14-17H2,(H,26,30)/t19-,20-,22-,23+/m1/s1. The summed E-state index contributed by atoms with van der Waals surface area (Å²) in [7, 11) is -3.93. The number of carbonyl (C=O) groups is 1. The van der Waals surface area contributed by atoms with Crippen LogP contribution in [0.1, 0.15) is 25.7 Å². The summed E-state index contributed by atoms with van der Waals surface area (Å²) in [4.78, 5) is 14.9. The number of β-amino-alcohol motifs (C(OH)–C–C–N with tert-alkyl or cyclic N) is 1. The molecule has 0 saturated carbocycles. The number of carbonyl (C=O) groups excluding carboxylic acids is 1. The highest BCUT2D eigenvalue weighted by Gasteiger charge is 2.43. The van der Waals surface area contributed by atoms with Gasteiger partial charge in [-0.15, -0.1) is 0 Å². The first-order valence-corrected chi connectivity index (χ1v) is 14.4. The summed E-state index contributed by atoms with van der Waals surface area (Å²) in [5.41, 5.74) is 0. The maximum absolute atomic E-state index is 13.5. The number of ether oxygens (including phenoxy) is 3. The molecule has 0 aliphatic carbocycles. The molecule has 0 bridgehead atoms. The summed E-state index contributed by atoms with van der Waals surface area (Å²) >= 11 is 6.04. The number of aliphatic hydroxyl groups excluding tert-OH is 1. The fraction of sp³-hybridized carbons (Fsp3) is 0.708. The maximum Gasteiger partial charge on any atom is 0.243 e. The zero-order valence-electron chi connectivity index (χ0n) is 20.4. The van der Waals surface area contributed by atoms with E-state index < -0.39 is 28.3 Å². The van der Waals surface area contributed by atoms with Crippen molar-refractivity contribution in [3.05, 3.63) is 29.3 Å². The van der Waals surface area contributed by atoms with Crippen molar-refractivity contribution in [2.75, 3.05) is 59.2 Å². The number of amides is 1. The normalized spacial score (nSPS) is 28.6. The monoisotopic (exact) mass is 545 g/mol. The molecule has 10 nitrogen and oxygen atoms in total. The largest absolute Gasteiger partial charge is 0.389 e. The van der Waals surface area contributed by atoms with E-state index in [-0.39, 0.29) is 43.1 Å². The summed E-state index contributed by atoms with van der Waals surface area (Å²) in [6.07, 6.45) is 0.281. The highest BCUT2D eigenvalue weighted by molar-refractivity contribution is 7.89. The second-order valence-electron chi connectivity index (χ2n) is 9.53. The molecule has 4 rings (SSSR count). The Morgan fingerprint density at radius 3 is 2.75 bits per heavy atom. The summed E-state index contributed by atoms with van der Waals surface area (Å²) < 4.78 is 45.5. The molecule has 3 aliphatic heterocycles. The third kappa shape index (κ3) is 7.38. The Morgan fingerprint density at radius 2 is 1.97 bits per heavy atom. The zero-order chi connectivity index (χ0) is 25.5. The Bertz CT molecular complexity index is 976. The van der Waals surface area contributed by atoms with Crippen molar-refractivity contribution in [1.29, 1.82) is 0 Å². The predicted octanol–water partition coefficient (Wildman–Crippen LogP) is 0.867. The third-order valence-electron chi connectivity index (χ3n) is 6.83. The molecule has 3 heterocycles. The van der Waals surface area contributed by atoms with Crippen molar-refractivity contribution in [1.82, 2.24) is 14.5 Å². The molecule has 2 N–H and O–H groups in total. The molecule has 0 aromatic heterocycles. The van der Waals surface area contributed by atoms with Crippen molar-refractivity contribution in [3.63, 3.8) is 0 Å². The first-order chi connectivity index (χ1) is 17.3. The van der Waals surface area contributed by atoms with E-state index >= 15 is 0 Å². The SMILES string of the molecule is O=C(C[C@H]1CC[C@@H]2[C@H](COC[C@H](O)CN2S(=O)(=O)c2cccc(Cl)c2)O1)NCCCN1CCOCC1. The number of nitrogens with zero attached hydrogens (tertiary/aromatic N) is 2. The van der Waals surface area contributed by atoms with E-state index in [9.17, 15) is 18.3 Å². The molecule has 36 heavy (non-hydrogen) atoms. The number of hydrogen-bond donors (Lipinski definition) is 2. The van der Waals surface area contributed by atoms with Gasteiger partial charge in [-0.1, -0.05) is 17.7 Å². The molecule has 0 unspecified atom stereocenters. The molecule has 12 heteroatoms. The van der Waals surface area contributed by atoms with Crippen LogP contribution < -0.4 is 5.32 Å². The lowest BCUT2D eigenvalue weighted by molar-refractivity contribution is -0.146. The fourth-order valence-electron chi connectivity index (χ4n) is 4.97. The molecule has 1 amide bonds. The molecule has 0 radical (unpaired) electrons. The van der Waals surface area contributed by atoms with Gasteiger partial charge in [0.15, 0.2) is 0 Å². The van der Waals surface area contributed by atoms with Crippen LogP contribution in [0.5, 0.6) is 0 Å². The number of aliphatic hydroxyl groups is 1. The highest BCUT2D eigenvalue weighted by atomic mass is 35.5. The van der Waals surface area contributed by atoms with Gasteiger partial charge in [0.05, 0.1) is 62.1 Å². The molecular formula is C24H36ClN3O7S. The van der Waals surface area contributed by atoms with E-state index in [1.807, 2.05) is 0 Å². The van der Waals surface area contributed by atoms with Crippen molar-refractivity contribution < 1.29 is 32.5 Å². The molecule has 3 fully saturated rings. The van der Waals surface area contributed by atoms with E-state index in [1.165, 1.54) is 16.4 Å². The van der Waals surface area contributed by atoms with Crippen LogP contribution in [0.2, 0.25) is 5.02 Å². The van der Waals surface area contributed by atoms with Crippen molar-refractivity contribution in [2.24, 2.45) is 0 Å². The molecular weight excluding hydrogens is 510 g/mol. The van der Waals surface area contributed by atoms with Crippen LogP contribution in [-0.4, -0.2) is 112 Å². The molecule has 202 valence electrons. The minimum Gasteiger partial charge on any atom is -0.389 e. The van der Waals surface area contributed by atoms with Crippen LogP contribution in [0, 0.1) is 0 Å². The van der Waals surface area contributed by atoms with Crippen LogP contribution in [0.4, 0.5) is 0 Å². The average molecular weight is 546 g/mol. The van der Waals surface area contributed by atoms with Gasteiger partial charge >= 0.3 is 0 Å². The molecule has 1 aromatic rings.